The maximum absolute atomic E-state index is 11.1. The number of rotatable bonds is 4. The molecule has 1 fully saturated rings. The number of carboxylic acids is 1. The summed E-state index contributed by atoms with van der Waals surface area (Å²) in [6, 6.07) is 5.86. The average Bonchev–Trinajstić information content (AvgIpc) is 2.74. The second-order valence-corrected chi connectivity index (χ2v) is 6.08. The average molecular weight is 327 g/mol. The third-order valence-electron chi connectivity index (χ3n) is 3.73. The Morgan fingerprint density at radius 3 is 2.84 bits per heavy atom. The van der Waals surface area contributed by atoms with Crippen LogP contribution in [0.4, 0.5) is 5.69 Å². The molecule has 0 bridgehead atoms. The summed E-state index contributed by atoms with van der Waals surface area (Å²) in [5, 5.41) is 9.09. The highest BCUT2D eigenvalue weighted by atomic mass is 79.9. The van der Waals surface area contributed by atoms with Crippen molar-refractivity contribution in [3.8, 4) is 0 Å². The second kappa shape index (κ2) is 5.92. The van der Waals surface area contributed by atoms with Gasteiger partial charge in [-0.15, -0.1) is 0 Å². The Hall–Kier alpha value is -1.07. The summed E-state index contributed by atoms with van der Waals surface area (Å²) in [5.41, 5.74) is 1.25. The van der Waals surface area contributed by atoms with Crippen LogP contribution in [0.1, 0.15) is 23.2 Å². The van der Waals surface area contributed by atoms with Crippen LogP contribution < -0.4 is 4.90 Å². The predicted octanol–water partition coefficient (Wildman–Crippen LogP) is 2.68. The Bertz CT molecular complexity index is 479. The Kier molecular flexibility index (Phi) is 4.47. The van der Waals surface area contributed by atoms with Gasteiger partial charge >= 0.3 is 5.97 Å². The lowest BCUT2D eigenvalue weighted by Gasteiger charge is -2.27. The minimum absolute atomic E-state index is 0.316. The molecule has 0 spiro atoms. The lowest BCUT2D eigenvalue weighted by molar-refractivity contribution is 0.0697. The van der Waals surface area contributed by atoms with Gasteiger partial charge in [0.25, 0.3) is 0 Å². The first-order chi connectivity index (χ1) is 8.97. The zero-order valence-corrected chi connectivity index (χ0v) is 12.9. The van der Waals surface area contributed by atoms with E-state index in [1.165, 1.54) is 12.8 Å². The van der Waals surface area contributed by atoms with Gasteiger partial charge in [0.15, 0.2) is 0 Å². The number of hydrogen-bond donors (Lipinski definition) is 1. The minimum Gasteiger partial charge on any atom is -0.478 e. The highest BCUT2D eigenvalue weighted by Gasteiger charge is 2.22. The molecule has 1 heterocycles. The number of halogens is 1. The third kappa shape index (κ3) is 3.48. The molecule has 0 saturated carbocycles. The van der Waals surface area contributed by atoms with Crippen molar-refractivity contribution in [1.29, 1.82) is 0 Å². The minimum atomic E-state index is -0.895. The number of anilines is 1. The summed E-state index contributed by atoms with van der Waals surface area (Å²) in [6.07, 6.45) is 2.45. The smallest absolute Gasteiger partial charge is 0.335 e. The summed E-state index contributed by atoms with van der Waals surface area (Å²) < 4.78 is 0.800. The van der Waals surface area contributed by atoms with Gasteiger partial charge in [0.1, 0.15) is 0 Å². The SMILES string of the molecule is CN(CC1CCCN1C)c1cc(Br)cc(C(=O)O)c1. The molecule has 1 saturated heterocycles. The molecule has 0 aliphatic carbocycles. The molecule has 1 N–H and O–H groups in total. The van der Waals surface area contributed by atoms with E-state index in [1.54, 1.807) is 12.1 Å². The second-order valence-electron chi connectivity index (χ2n) is 5.16. The number of aromatic carboxylic acids is 1. The first-order valence-electron chi connectivity index (χ1n) is 6.42. The molecule has 104 valence electrons. The molecule has 2 rings (SSSR count). The first kappa shape index (κ1) is 14.3. The quantitative estimate of drug-likeness (QED) is 0.923. The van der Waals surface area contributed by atoms with E-state index in [9.17, 15) is 4.79 Å². The van der Waals surface area contributed by atoms with Gasteiger partial charge < -0.3 is 14.9 Å². The van der Waals surface area contributed by atoms with Gasteiger partial charge in [-0.05, 0) is 44.6 Å². The van der Waals surface area contributed by atoms with Gasteiger partial charge in [0.2, 0.25) is 0 Å². The largest absolute Gasteiger partial charge is 0.478 e. The summed E-state index contributed by atoms with van der Waals surface area (Å²) in [7, 11) is 4.16. The third-order valence-corrected chi connectivity index (χ3v) is 4.18. The van der Waals surface area contributed by atoms with Gasteiger partial charge in [-0.1, -0.05) is 15.9 Å². The molecule has 4 nitrogen and oxygen atoms in total. The van der Waals surface area contributed by atoms with Crippen molar-refractivity contribution in [3.05, 3.63) is 28.2 Å². The van der Waals surface area contributed by atoms with Crippen LogP contribution in [0.5, 0.6) is 0 Å². The van der Waals surface area contributed by atoms with Crippen molar-refractivity contribution in [2.24, 2.45) is 0 Å². The van der Waals surface area contributed by atoms with Gasteiger partial charge in [0, 0.05) is 29.8 Å². The van der Waals surface area contributed by atoms with Crippen molar-refractivity contribution < 1.29 is 9.90 Å². The Morgan fingerprint density at radius 2 is 2.26 bits per heavy atom. The molecule has 5 heteroatoms. The fourth-order valence-electron chi connectivity index (χ4n) is 2.55. The monoisotopic (exact) mass is 326 g/mol. The molecule has 0 radical (unpaired) electrons. The highest BCUT2D eigenvalue weighted by Crippen LogP contribution is 2.24. The zero-order chi connectivity index (χ0) is 14.0. The fraction of sp³-hybridized carbons (Fsp3) is 0.500. The van der Waals surface area contributed by atoms with E-state index in [0.29, 0.717) is 11.6 Å². The van der Waals surface area contributed by atoms with Crippen LogP contribution in [0.3, 0.4) is 0 Å². The summed E-state index contributed by atoms with van der Waals surface area (Å²) in [6.45, 7) is 2.07. The lowest BCUT2D eigenvalue weighted by Crippen LogP contribution is -2.36. The number of benzene rings is 1. The molecule has 1 aliphatic rings. The molecular formula is C14H19BrN2O2. The van der Waals surface area contributed by atoms with Crippen molar-refractivity contribution in [1.82, 2.24) is 4.90 Å². The summed E-state index contributed by atoms with van der Waals surface area (Å²) >= 11 is 3.37. The molecule has 19 heavy (non-hydrogen) atoms. The molecule has 1 aromatic carbocycles. The number of likely N-dealkylation sites (N-methyl/N-ethyl adjacent to an activating group) is 2. The van der Waals surface area contributed by atoms with Crippen LogP contribution >= 0.6 is 15.9 Å². The molecule has 1 atom stereocenters. The van der Waals surface area contributed by atoms with Crippen molar-refractivity contribution in [2.75, 3.05) is 32.1 Å². The van der Waals surface area contributed by atoms with Crippen LogP contribution in [0.15, 0.2) is 22.7 Å². The predicted molar refractivity (Wildman–Crippen MR) is 80.0 cm³/mol. The Morgan fingerprint density at radius 1 is 1.53 bits per heavy atom. The fourth-order valence-corrected chi connectivity index (χ4v) is 3.03. The zero-order valence-electron chi connectivity index (χ0n) is 11.3. The van der Waals surface area contributed by atoms with E-state index in [-0.39, 0.29) is 0 Å². The van der Waals surface area contributed by atoms with Gasteiger partial charge in [0.05, 0.1) is 5.56 Å². The molecular weight excluding hydrogens is 308 g/mol. The van der Waals surface area contributed by atoms with Gasteiger partial charge in [-0.3, -0.25) is 0 Å². The molecule has 0 amide bonds. The normalized spacial score (nSPS) is 19.6. The van der Waals surface area contributed by atoms with E-state index in [1.807, 2.05) is 13.1 Å². The Labute approximate surface area is 122 Å². The Balaban J connectivity index is 2.14. The summed E-state index contributed by atoms with van der Waals surface area (Å²) in [5.74, 6) is -0.895. The van der Waals surface area contributed by atoms with Crippen LogP contribution in [-0.2, 0) is 0 Å². The van der Waals surface area contributed by atoms with E-state index in [2.05, 4.69) is 32.8 Å². The molecule has 1 unspecified atom stereocenters. The van der Waals surface area contributed by atoms with E-state index in [4.69, 9.17) is 5.11 Å². The maximum Gasteiger partial charge on any atom is 0.335 e. The summed E-state index contributed by atoms with van der Waals surface area (Å²) in [4.78, 5) is 15.6. The molecule has 1 aliphatic heterocycles. The van der Waals surface area contributed by atoms with Crippen molar-refractivity contribution in [3.63, 3.8) is 0 Å². The van der Waals surface area contributed by atoms with Crippen molar-refractivity contribution in [2.45, 2.75) is 18.9 Å². The molecule has 0 aromatic heterocycles. The number of hydrogen-bond acceptors (Lipinski definition) is 3. The van der Waals surface area contributed by atoms with E-state index >= 15 is 0 Å². The maximum atomic E-state index is 11.1. The number of carbonyl (C=O) groups is 1. The van der Waals surface area contributed by atoms with Crippen LogP contribution in [0, 0.1) is 0 Å². The van der Waals surface area contributed by atoms with E-state index in [0.717, 1.165) is 23.2 Å². The van der Waals surface area contributed by atoms with Crippen LogP contribution in [0.2, 0.25) is 0 Å². The molecule has 1 aromatic rings. The first-order valence-corrected chi connectivity index (χ1v) is 7.22. The van der Waals surface area contributed by atoms with Gasteiger partial charge in [-0.2, -0.15) is 0 Å². The standard InChI is InChI=1S/C14H19BrN2O2/c1-16-5-3-4-12(16)9-17(2)13-7-10(14(18)19)6-11(15)8-13/h6-8,12H,3-5,9H2,1-2H3,(H,18,19). The number of carboxylic acid groups (broad SMARTS) is 1. The number of nitrogens with zero attached hydrogens (tertiary/aromatic N) is 2. The van der Waals surface area contributed by atoms with Gasteiger partial charge in [-0.25, -0.2) is 4.79 Å². The van der Waals surface area contributed by atoms with Crippen LogP contribution in [0.25, 0.3) is 0 Å². The highest BCUT2D eigenvalue weighted by molar-refractivity contribution is 9.10. The van der Waals surface area contributed by atoms with Crippen LogP contribution in [-0.4, -0.2) is 49.2 Å². The lowest BCUT2D eigenvalue weighted by atomic mass is 10.1. The topological polar surface area (TPSA) is 43.8 Å². The number of likely N-dealkylation sites (tertiary alicyclic amines) is 1. The van der Waals surface area contributed by atoms with E-state index < -0.39 is 5.97 Å². The van der Waals surface area contributed by atoms with Crippen molar-refractivity contribution >= 4 is 27.6 Å².